The summed E-state index contributed by atoms with van der Waals surface area (Å²) in [5.41, 5.74) is 9.60. The second-order valence-electron chi connectivity index (χ2n) is 12.6. The van der Waals surface area contributed by atoms with Crippen LogP contribution in [0.15, 0.2) is 73.2 Å². The molecule has 6 aromatic rings. The van der Waals surface area contributed by atoms with Gasteiger partial charge < -0.3 is 14.8 Å². The number of fused-ring (bicyclic) bond motifs is 2. The van der Waals surface area contributed by atoms with E-state index < -0.39 is 0 Å². The molecule has 1 aliphatic heterocycles. The SMILES string of the molecule is CN(C)CCCc1cncc(-c2cc3c(-c4cc5c(-c6cc(F)cc(CCCN7CCCC7)c6)cccc5[nH]4)n[nH]c3cn2)c1. The maximum atomic E-state index is 14.9. The van der Waals surface area contributed by atoms with Crippen LogP contribution in [0.4, 0.5) is 4.39 Å². The molecule has 0 radical (unpaired) electrons. The van der Waals surface area contributed by atoms with Crippen molar-refractivity contribution in [2.75, 3.05) is 40.3 Å². The number of halogens is 1. The Hall–Kier alpha value is -4.40. The van der Waals surface area contributed by atoms with Gasteiger partial charge in [0.15, 0.2) is 0 Å². The van der Waals surface area contributed by atoms with E-state index in [0.717, 1.165) is 99.9 Å². The fourth-order valence-electron chi connectivity index (χ4n) is 6.64. The highest BCUT2D eigenvalue weighted by atomic mass is 19.1. The number of rotatable bonds is 11. The Bertz CT molecular complexity index is 1930. The van der Waals surface area contributed by atoms with E-state index in [1.54, 1.807) is 12.1 Å². The molecule has 1 fully saturated rings. The van der Waals surface area contributed by atoms with Gasteiger partial charge in [0.25, 0.3) is 0 Å². The molecular formula is C37H40FN7. The lowest BCUT2D eigenvalue weighted by atomic mass is 9.98. The lowest BCUT2D eigenvalue weighted by Crippen LogP contribution is -2.20. The molecule has 230 valence electrons. The van der Waals surface area contributed by atoms with Crippen LogP contribution in [0, 0.1) is 5.82 Å². The lowest BCUT2D eigenvalue weighted by molar-refractivity contribution is 0.334. The van der Waals surface area contributed by atoms with Crippen LogP contribution in [0.3, 0.4) is 0 Å². The Labute approximate surface area is 263 Å². The normalized spacial score (nSPS) is 14.0. The summed E-state index contributed by atoms with van der Waals surface area (Å²) in [6.07, 6.45) is 12.2. The van der Waals surface area contributed by atoms with E-state index in [-0.39, 0.29) is 5.82 Å². The van der Waals surface area contributed by atoms with Gasteiger partial charge in [-0.3, -0.25) is 15.1 Å². The third kappa shape index (κ3) is 6.53. The first-order chi connectivity index (χ1) is 22.0. The minimum absolute atomic E-state index is 0.189. The standard InChI is InChI=1S/C37H40FN7/c1-44(2)12-6-9-26-17-28(23-39-22-26)34-21-32-36(24-40-34)42-43-37(32)35-20-31-30(10-5-11-33(31)41-35)27-16-25(18-29(38)19-27)8-7-15-45-13-3-4-14-45/h5,10-11,16-24,41H,3-4,6-9,12-15H2,1-2H3,(H,42,43). The van der Waals surface area contributed by atoms with Gasteiger partial charge in [-0.05, 0) is 137 Å². The van der Waals surface area contributed by atoms with Crippen LogP contribution in [-0.4, -0.2) is 75.2 Å². The Morgan fingerprint density at radius 2 is 1.69 bits per heavy atom. The van der Waals surface area contributed by atoms with Crippen LogP contribution >= 0.6 is 0 Å². The molecule has 8 heteroatoms. The van der Waals surface area contributed by atoms with Gasteiger partial charge in [-0.25, -0.2) is 4.39 Å². The first-order valence-electron chi connectivity index (χ1n) is 16.1. The molecule has 7 rings (SSSR count). The van der Waals surface area contributed by atoms with E-state index in [2.05, 4.69) is 80.5 Å². The average molecular weight is 602 g/mol. The van der Waals surface area contributed by atoms with Crippen molar-refractivity contribution in [3.8, 4) is 33.8 Å². The van der Waals surface area contributed by atoms with Gasteiger partial charge in [0.1, 0.15) is 11.5 Å². The number of aromatic nitrogens is 5. The number of aryl methyl sites for hydroxylation is 2. The molecule has 0 bridgehead atoms. The molecule has 2 N–H and O–H groups in total. The van der Waals surface area contributed by atoms with Gasteiger partial charge in [-0.1, -0.05) is 18.2 Å². The minimum Gasteiger partial charge on any atom is -0.353 e. The summed E-state index contributed by atoms with van der Waals surface area (Å²) in [7, 11) is 4.19. The molecule has 0 amide bonds. The quantitative estimate of drug-likeness (QED) is 0.161. The number of nitrogens with zero attached hydrogens (tertiary/aromatic N) is 5. The largest absolute Gasteiger partial charge is 0.353 e. The summed E-state index contributed by atoms with van der Waals surface area (Å²) < 4.78 is 14.9. The summed E-state index contributed by atoms with van der Waals surface area (Å²) in [6, 6.07) is 18.1. The van der Waals surface area contributed by atoms with Crippen LogP contribution in [-0.2, 0) is 12.8 Å². The predicted octanol–water partition coefficient (Wildman–Crippen LogP) is 7.50. The third-order valence-electron chi connectivity index (χ3n) is 8.93. The Balaban J connectivity index is 1.18. The second kappa shape index (κ2) is 12.9. The molecule has 2 aromatic carbocycles. The summed E-state index contributed by atoms with van der Waals surface area (Å²) in [5.74, 6) is -0.189. The molecule has 0 saturated carbocycles. The van der Waals surface area contributed by atoms with Gasteiger partial charge in [0.2, 0.25) is 0 Å². The van der Waals surface area contributed by atoms with Crippen molar-refractivity contribution < 1.29 is 4.39 Å². The second-order valence-corrected chi connectivity index (χ2v) is 12.6. The highest BCUT2D eigenvalue weighted by molar-refractivity contribution is 6.01. The number of hydrogen-bond acceptors (Lipinski definition) is 5. The molecule has 1 saturated heterocycles. The van der Waals surface area contributed by atoms with E-state index >= 15 is 0 Å². The van der Waals surface area contributed by atoms with Crippen LogP contribution in [0.1, 0.15) is 36.8 Å². The number of pyridine rings is 2. The van der Waals surface area contributed by atoms with Crippen molar-refractivity contribution in [1.82, 2.24) is 34.9 Å². The molecule has 0 unspecified atom stereocenters. The highest BCUT2D eigenvalue weighted by Crippen LogP contribution is 2.35. The average Bonchev–Trinajstić information content (AvgIpc) is 3.80. The smallest absolute Gasteiger partial charge is 0.124 e. The molecule has 7 nitrogen and oxygen atoms in total. The van der Waals surface area contributed by atoms with Crippen LogP contribution < -0.4 is 0 Å². The van der Waals surface area contributed by atoms with Gasteiger partial charge in [0.05, 0.1) is 23.1 Å². The monoisotopic (exact) mass is 601 g/mol. The molecule has 1 aliphatic rings. The van der Waals surface area contributed by atoms with E-state index in [9.17, 15) is 4.39 Å². The van der Waals surface area contributed by atoms with Crippen LogP contribution in [0.5, 0.6) is 0 Å². The van der Waals surface area contributed by atoms with Crippen molar-refractivity contribution in [2.45, 2.75) is 38.5 Å². The first-order valence-corrected chi connectivity index (χ1v) is 16.1. The van der Waals surface area contributed by atoms with Gasteiger partial charge in [-0.2, -0.15) is 5.10 Å². The maximum absolute atomic E-state index is 14.9. The molecule has 0 spiro atoms. The van der Waals surface area contributed by atoms with Gasteiger partial charge >= 0.3 is 0 Å². The Morgan fingerprint density at radius 3 is 2.56 bits per heavy atom. The zero-order valence-electron chi connectivity index (χ0n) is 26.1. The predicted molar refractivity (Wildman–Crippen MR) is 181 cm³/mol. The Morgan fingerprint density at radius 1 is 0.844 bits per heavy atom. The number of H-pyrrole nitrogens is 2. The number of nitrogens with one attached hydrogen (secondary N) is 2. The molecule has 45 heavy (non-hydrogen) atoms. The topological polar surface area (TPSA) is 76.7 Å². The molecule has 0 aliphatic carbocycles. The van der Waals surface area contributed by atoms with Crippen molar-refractivity contribution >= 4 is 21.8 Å². The summed E-state index contributed by atoms with van der Waals surface area (Å²) in [5, 5.41) is 9.87. The number of hydrogen-bond donors (Lipinski definition) is 2. The number of benzene rings is 2. The van der Waals surface area contributed by atoms with E-state index in [1.165, 1.54) is 31.5 Å². The van der Waals surface area contributed by atoms with Crippen molar-refractivity contribution in [3.05, 3.63) is 90.1 Å². The highest BCUT2D eigenvalue weighted by Gasteiger charge is 2.16. The fraction of sp³-hybridized carbons (Fsp3) is 0.324. The zero-order chi connectivity index (χ0) is 30.8. The number of likely N-dealkylation sites (tertiary alicyclic amines) is 1. The maximum Gasteiger partial charge on any atom is 0.124 e. The van der Waals surface area contributed by atoms with Gasteiger partial charge in [-0.15, -0.1) is 0 Å². The van der Waals surface area contributed by atoms with E-state index in [1.807, 2.05) is 24.7 Å². The zero-order valence-corrected chi connectivity index (χ0v) is 26.1. The van der Waals surface area contributed by atoms with E-state index in [4.69, 9.17) is 4.98 Å². The van der Waals surface area contributed by atoms with Crippen LogP contribution in [0.2, 0.25) is 0 Å². The van der Waals surface area contributed by atoms with E-state index in [0.29, 0.717) is 0 Å². The Kier molecular flexibility index (Phi) is 8.41. The first kappa shape index (κ1) is 29.3. The molecule has 4 aromatic heterocycles. The van der Waals surface area contributed by atoms with Crippen molar-refractivity contribution in [1.29, 1.82) is 0 Å². The van der Waals surface area contributed by atoms with Crippen molar-refractivity contribution in [3.63, 3.8) is 0 Å². The minimum atomic E-state index is -0.189. The summed E-state index contributed by atoms with van der Waals surface area (Å²) >= 11 is 0. The summed E-state index contributed by atoms with van der Waals surface area (Å²) in [6.45, 7) is 4.50. The third-order valence-corrected chi connectivity index (χ3v) is 8.93. The molecule has 5 heterocycles. The summed E-state index contributed by atoms with van der Waals surface area (Å²) in [4.78, 5) is 17.5. The fourth-order valence-corrected chi connectivity index (χ4v) is 6.64. The number of aromatic amines is 2. The molecule has 0 atom stereocenters. The van der Waals surface area contributed by atoms with Gasteiger partial charge in [0, 0.05) is 34.2 Å². The lowest BCUT2D eigenvalue weighted by Gasteiger charge is -2.14. The molecular weight excluding hydrogens is 561 g/mol. The van der Waals surface area contributed by atoms with Crippen molar-refractivity contribution in [2.24, 2.45) is 0 Å². The van der Waals surface area contributed by atoms with Crippen LogP contribution in [0.25, 0.3) is 55.6 Å².